The Balaban J connectivity index is 3.36. The average Bonchev–Trinajstić information content (AvgIpc) is 2.32. The van der Waals surface area contributed by atoms with Gasteiger partial charge in [0.25, 0.3) is 0 Å². The number of thiol groups is 1. The van der Waals surface area contributed by atoms with Crippen LogP contribution >= 0.6 is 24.6 Å². The van der Waals surface area contributed by atoms with E-state index in [-0.39, 0.29) is 0 Å². The van der Waals surface area contributed by atoms with Crippen LogP contribution in [0.3, 0.4) is 0 Å². The summed E-state index contributed by atoms with van der Waals surface area (Å²) in [5.74, 6) is 3.67. The molecule has 1 unspecified atom stereocenters. The van der Waals surface area contributed by atoms with Gasteiger partial charge < -0.3 is 0 Å². The van der Waals surface area contributed by atoms with Gasteiger partial charge in [-0.2, -0.15) is 0 Å². The van der Waals surface area contributed by atoms with Crippen LogP contribution in [0.1, 0.15) is 13.8 Å². The summed E-state index contributed by atoms with van der Waals surface area (Å²) in [5.41, 5.74) is 0. The molecule has 2 nitrogen and oxygen atoms in total. The Morgan fingerprint density at radius 3 is 3.00 bits per heavy atom. The third-order valence-corrected chi connectivity index (χ3v) is 3.47. The number of nitrogens with zero attached hydrogens (tertiary/aromatic N) is 1. The third-order valence-electron chi connectivity index (χ3n) is 2.26. The number of pyridine rings is 1. The molecule has 5 heteroatoms. The van der Waals surface area contributed by atoms with Crippen molar-refractivity contribution in [2.75, 3.05) is 10.5 Å². The summed E-state index contributed by atoms with van der Waals surface area (Å²) < 4.78 is 2.83. The van der Waals surface area contributed by atoms with Crippen molar-refractivity contribution in [1.82, 2.24) is 4.98 Å². The minimum atomic E-state index is 0.446. The molecule has 0 saturated heterocycles. The quantitative estimate of drug-likeness (QED) is 0.606. The number of hydrogen-bond donors (Lipinski definition) is 2. The predicted molar refractivity (Wildman–Crippen MR) is 85.8 cm³/mol. The zero-order chi connectivity index (χ0) is 12.7. The minimum absolute atomic E-state index is 0.446. The van der Waals surface area contributed by atoms with Crippen LogP contribution < -0.4 is 15.2 Å². The number of anilines is 1. The van der Waals surface area contributed by atoms with E-state index >= 15 is 0 Å². The van der Waals surface area contributed by atoms with Crippen molar-refractivity contribution in [2.45, 2.75) is 19.1 Å². The number of hydrogen-bond acceptors (Lipinski definition) is 4. The molecule has 17 heavy (non-hydrogen) atoms. The topological polar surface area (TPSA) is 24.9 Å². The van der Waals surface area contributed by atoms with Gasteiger partial charge in [0.2, 0.25) is 0 Å². The van der Waals surface area contributed by atoms with Gasteiger partial charge in [-0.05, 0) is 0 Å². The van der Waals surface area contributed by atoms with Gasteiger partial charge >= 0.3 is 113 Å². The van der Waals surface area contributed by atoms with Crippen LogP contribution in [-0.2, 0) is 0 Å². The van der Waals surface area contributed by atoms with Crippen molar-refractivity contribution >= 4 is 56.0 Å². The molecule has 1 aromatic heterocycles. The number of nitrogens with one attached hydrogen (secondary N) is 1. The molecule has 0 aliphatic carbocycles. The molecule has 90 valence electrons. The summed E-state index contributed by atoms with van der Waals surface area (Å²) in [4.78, 5) is 4.27. The van der Waals surface area contributed by atoms with E-state index in [0.717, 1.165) is 22.0 Å². The van der Waals surface area contributed by atoms with Crippen LogP contribution in [0.25, 0.3) is 12.2 Å². The molecule has 1 rings (SSSR count). The Bertz CT molecular complexity index is 488. The molecule has 1 aromatic rings. The van der Waals surface area contributed by atoms with Gasteiger partial charge in [0.1, 0.15) is 0 Å². The second-order valence-corrected chi connectivity index (χ2v) is 5.38. The Morgan fingerprint density at radius 2 is 2.41 bits per heavy atom. The first-order valence-corrected chi connectivity index (χ1v) is 7.03. The van der Waals surface area contributed by atoms with Crippen molar-refractivity contribution in [2.24, 2.45) is 0 Å². The van der Waals surface area contributed by atoms with Gasteiger partial charge in [0.15, 0.2) is 0 Å². The maximum absolute atomic E-state index is 4.27. The predicted octanol–water partition coefficient (Wildman–Crippen LogP) is 0.744. The monoisotopic (exact) mass is 264 g/mol. The van der Waals surface area contributed by atoms with Gasteiger partial charge in [0.05, 0.1) is 0 Å². The summed E-state index contributed by atoms with van der Waals surface area (Å²) in [7, 11) is 3.73. The zero-order valence-corrected chi connectivity index (χ0v) is 11.9. The van der Waals surface area contributed by atoms with E-state index in [2.05, 4.69) is 49.9 Å². The second kappa shape index (κ2) is 7.61. The van der Waals surface area contributed by atoms with Gasteiger partial charge in [-0.3, -0.25) is 0 Å². The molecular formula is C12H17BN2S2. The Hall–Kier alpha value is -0.675. The summed E-state index contributed by atoms with van der Waals surface area (Å²) in [6.45, 7) is 4.34. The molecule has 0 spiro atoms. The van der Waals surface area contributed by atoms with E-state index in [0.29, 0.717) is 5.25 Å². The molecule has 1 atom stereocenters. The molecule has 0 amide bonds. The molecular weight excluding hydrogens is 247 g/mol. The fourth-order valence-corrected chi connectivity index (χ4v) is 2.51. The first kappa shape index (κ1) is 14.4. The van der Waals surface area contributed by atoms with E-state index in [1.807, 2.05) is 23.9 Å². The fraction of sp³-hybridized carbons (Fsp3) is 0.333. The first-order valence-electron chi connectivity index (χ1n) is 5.54. The normalized spacial score (nSPS) is 14.7. The Morgan fingerprint density at radius 1 is 1.65 bits per heavy atom. The molecule has 0 bridgehead atoms. The van der Waals surface area contributed by atoms with Crippen LogP contribution in [0, 0.1) is 0 Å². The average molecular weight is 264 g/mol. The molecule has 1 N–H and O–H groups in total. The maximum atomic E-state index is 4.27. The summed E-state index contributed by atoms with van der Waals surface area (Å²) in [6, 6.07) is 1.98. The fourth-order valence-electron chi connectivity index (χ4n) is 1.57. The first-order chi connectivity index (χ1) is 8.22. The number of aromatic nitrogens is 1. The summed E-state index contributed by atoms with van der Waals surface area (Å²) in [5, 5.41) is 2.63. The summed E-state index contributed by atoms with van der Waals surface area (Å²) >= 11 is 5.99. The van der Waals surface area contributed by atoms with Crippen molar-refractivity contribution < 1.29 is 0 Å². The Kier molecular flexibility index (Phi) is 6.44. The van der Waals surface area contributed by atoms with Crippen molar-refractivity contribution in [3.63, 3.8) is 0 Å². The second-order valence-electron chi connectivity index (χ2n) is 3.50. The van der Waals surface area contributed by atoms with Crippen molar-refractivity contribution in [3.05, 3.63) is 22.7 Å². The zero-order valence-electron chi connectivity index (χ0n) is 10.2. The molecule has 0 aliphatic heterocycles. The van der Waals surface area contributed by atoms with Gasteiger partial charge in [-0.25, -0.2) is 0 Å². The van der Waals surface area contributed by atoms with Crippen molar-refractivity contribution in [1.29, 1.82) is 0 Å². The number of rotatable bonds is 5. The molecule has 0 aliphatic rings. The van der Waals surface area contributed by atoms with Crippen LogP contribution in [0.4, 0.5) is 5.82 Å². The van der Waals surface area contributed by atoms with E-state index < -0.39 is 0 Å². The van der Waals surface area contributed by atoms with Gasteiger partial charge in [-0.15, -0.1) is 0 Å². The van der Waals surface area contributed by atoms with Crippen LogP contribution in [0.5, 0.6) is 0 Å². The standard InChI is InChI=1S/C12H17BN2S2/c1-3-17-9(2)8-11-10(4-6-13)5-7-14-12(11)15-16/h4-9,13,16H,3H2,1-2H3,(H,14,15)/b10-4-,11-8+. The van der Waals surface area contributed by atoms with E-state index in [1.54, 1.807) is 12.2 Å². The SMILES string of the molecule is B=C/C=c1/ccnc(NS)/c1=C/C(C)SCC. The van der Waals surface area contributed by atoms with E-state index in [1.165, 1.54) is 0 Å². The molecule has 0 fully saturated rings. The van der Waals surface area contributed by atoms with E-state index in [9.17, 15) is 0 Å². The van der Waals surface area contributed by atoms with Crippen LogP contribution in [0.2, 0.25) is 0 Å². The molecule has 0 aromatic carbocycles. The van der Waals surface area contributed by atoms with Gasteiger partial charge in [0, 0.05) is 0 Å². The van der Waals surface area contributed by atoms with Crippen LogP contribution in [0.15, 0.2) is 12.3 Å². The molecule has 0 saturated carbocycles. The molecule has 1 heterocycles. The van der Waals surface area contributed by atoms with E-state index in [4.69, 9.17) is 0 Å². The Labute approximate surface area is 113 Å². The van der Waals surface area contributed by atoms with Gasteiger partial charge in [-0.1, -0.05) is 0 Å². The summed E-state index contributed by atoms with van der Waals surface area (Å²) in [6.07, 6.45) is 5.95. The number of thioether (sulfide) groups is 1. The molecule has 0 radical (unpaired) electrons. The van der Waals surface area contributed by atoms with Crippen LogP contribution in [-0.4, -0.2) is 29.4 Å². The third kappa shape index (κ3) is 4.24. The van der Waals surface area contributed by atoms with Crippen molar-refractivity contribution in [3.8, 4) is 0 Å².